The van der Waals surface area contributed by atoms with Crippen LogP contribution in [0.3, 0.4) is 0 Å². The van der Waals surface area contributed by atoms with Gasteiger partial charge in [0, 0.05) is 20.1 Å². The van der Waals surface area contributed by atoms with E-state index in [4.69, 9.17) is 5.73 Å². The van der Waals surface area contributed by atoms with Gasteiger partial charge in [-0.25, -0.2) is 4.39 Å². The summed E-state index contributed by atoms with van der Waals surface area (Å²) in [4.78, 5) is 1.13. The summed E-state index contributed by atoms with van der Waals surface area (Å²) in [6, 6.07) is 14.9. The van der Waals surface area contributed by atoms with Crippen molar-refractivity contribution in [1.29, 1.82) is 0 Å². The first-order valence-corrected chi connectivity index (χ1v) is 7.92. The normalized spacial score (nSPS) is 12.8. The number of benzene rings is 2. The number of nitrogens with two attached hydrogens (primary N) is 1. The van der Waals surface area contributed by atoms with Gasteiger partial charge < -0.3 is 5.73 Å². The Kier molecular flexibility index (Phi) is 3.87. The minimum atomic E-state index is -0.230. The highest BCUT2D eigenvalue weighted by Gasteiger charge is 2.13. The zero-order valence-electron chi connectivity index (χ0n) is 10.6. The minimum Gasteiger partial charge on any atom is -0.323 e. The summed E-state index contributed by atoms with van der Waals surface area (Å²) in [5, 5.41) is 1.21. The molecule has 0 bridgehead atoms. The van der Waals surface area contributed by atoms with Crippen molar-refractivity contribution in [1.82, 2.24) is 0 Å². The first-order chi connectivity index (χ1) is 9.63. The van der Waals surface area contributed by atoms with Crippen LogP contribution in [0.4, 0.5) is 4.39 Å². The summed E-state index contributed by atoms with van der Waals surface area (Å²) in [5.41, 5.74) is 7.18. The maximum absolute atomic E-state index is 13.3. The molecule has 3 aromatic rings. The minimum absolute atomic E-state index is 0.120. The van der Waals surface area contributed by atoms with Gasteiger partial charge in [0.05, 0.1) is 0 Å². The van der Waals surface area contributed by atoms with Gasteiger partial charge in [-0.05, 0) is 47.7 Å². The molecule has 1 unspecified atom stereocenters. The summed E-state index contributed by atoms with van der Waals surface area (Å²) < 4.78 is 15.4. The Morgan fingerprint density at radius 2 is 1.95 bits per heavy atom. The Labute approximate surface area is 129 Å². The molecule has 1 atom stereocenters. The van der Waals surface area contributed by atoms with E-state index in [9.17, 15) is 4.39 Å². The third-order valence-electron chi connectivity index (χ3n) is 3.26. The van der Waals surface area contributed by atoms with E-state index in [1.165, 1.54) is 22.2 Å². The second kappa shape index (κ2) is 5.64. The maximum atomic E-state index is 13.3. The highest BCUT2D eigenvalue weighted by Crippen LogP contribution is 2.31. The van der Waals surface area contributed by atoms with Crippen LogP contribution in [-0.2, 0) is 6.42 Å². The molecule has 3 rings (SSSR count). The van der Waals surface area contributed by atoms with Crippen molar-refractivity contribution < 1.29 is 4.39 Å². The fourth-order valence-electron chi connectivity index (χ4n) is 2.22. The number of fused-ring (bicyclic) bond motifs is 1. The standard InChI is InChI=1S/C16H13BrFNS/c17-13-6-5-12(18)7-11(13)8-14(19)16-9-10-3-1-2-4-15(10)20-16/h1-7,9,14H,8,19H2. The molecule has 1 heterocycles. The van der Waals surface area contributed by atoms with E-state index in [0.717, 1.165) is 14.9 Å². The molecule has 4 heteroatoms. The van der Waals surface area contributed by atoms with E-state index in [-0.39, 0.29) is 11.9 Å². The van der Waals surface area contributed by atoms with Gasteiger partial charge in [-0.1, -0.05) is 34.1 Å². The molecule has 1 nitrogen and oxygen atoms in total. The van der Waals surface area contributed by atoms with Gasteiger partial charge in [0.1, 0.15) is 5.82 Å². The molecule has 0 fully saturated rings. The molecule has 20 heavy (non-hydrogen) atoms. The first kappa shape index (κ1) is 13.7. The molecule has 102 valence electrons. The summed E-state index contributed by atoms with van der Waals surface area (Å²) in [5.74, 6) is -0.230. The monoisotopic (exact) mass is 349 g/mol. The molecule has 0 aliphatic rings. The van der Waals surface area contributed by atoms with E-state index in [1.807, 2.05) is 12.1 Å². The highest BCUT2D eigenvalue weighted by molar-refractivity contribution is 9.10. The van der Waals surface area contributed by atoms with E-state index >= 15 is 0 Å². The SMILES string of the molecule is NC(Cc1cc(F)ccc1Br)c1cc2ccccc2s1. The zero-order chi connectivity index (χ0) is 14.1. The predicted octanol–water partition coefficient (Wildman–Crippen LogP) is 5.05. The predicted molar refractivity (Wildman–Crippen MR) is 86.6 cm³/mol. The molecule has 0 spiro atoms. The molecule has 0 aliphatic carbocycles. The van der Waals surface area contributed by atoms with E-state index in [1.54, 1.807) is 17.4 Å². The van der Waals surface area contributed by atoms with Gasteiger partial charge in [0.15, 0.2) is 0 Å². The molecule has 0 aliphatic heterocycles. The first-order valence-electron chi connectivity index (χ1n) is 6.31. The van der Waals surface area contributed by atoms with Gasteiger partial charge in [-0.2, -0.15) is 0 Å². The lowest BCUT2D eigenvalue weighted by atomic mass is 10.0. The highest BCUT2D eigenvalue weighted by atomic mass is 79.9. The molecule has 0 saturated carbocycles. The lowest BCUT2D eigenvalue weighted by molar-refractivity contribution is 0.622. The number of hydrogen-bond donors (Lipinski definition) is 1. The largest absolute Gasteiger partial charge is 0.323 e. The van der Waals surface area contributed by atoms with E-state index < -0.39 is 0 Å². The van der Waals surface area contributed by atoms with Gasteiger partial charge in [-0.15, -0.1) is 11.3 Å². The molecule has 0 amide bonds. The van der Waals surface area contributed by atoms with Crippen molar-refractivity contribution >= 4 is 37.4 Å². The molecule has 0 saturated heterocycles. The van der Waals surface area contributed by atoms with Crippen LogP contribution in [-0.4, -0.2) is 0 Å². The van der Waals surface area contributed by atoms with Crippen molar-refractivity contribution in [3.8, 4) is 0 Å². The van der Waals surface area contributed by atoms with Gasteiger partial charge in [0.25, 0.3) is 0 Å². The van der Waals surface area contributed by atoms with Gasteiger partial charge in [-0.3, -0.25) is 0 Å². The van der Waals surface area contributed by atoms with Crippen LogP contribution >= 0.6 is 27.3 Å². The Morgan fingerprint density at radius 3 is 2.75 bits per heavy atom. The lowest BCUT2D eigenvalue weighted by Crippen LogP contribution is -2.12. The van der Waals surface area contributed by atoms with Gasteiger partial charge >= 0.3 is 0 Å². The zero-order valence-corrected chi connectivity index (χ0v) is 13.0. The van der Waals surface area contributed by atoms with E-state index in [2.05, 4.69) is 34.1 Å². The Balaban J connectivity index is 1.88. The van der Waals surface area contributed by atoms with Crippen molar-refractivity contribution in [3.63, 3.8) is 0 Å². The molecule has 2 N–H and O–H groups in total. The smallest absolute Gasteiger partial charge is 0.123 e. The topological polar surface area (TPSA) is 26.0 Å². The number of halogens is 2. The summed E-state index contributed by atoms with van der Waals surface area (Å²) in [6.07, 6.45) is 0.616. The molecule has 1 aromatic heterocycles. The van der Waals surface area contributed by atoms with Crippen LogP contribution in [0.15, 0.2) is 53.0 Å². The van der Waals surface area contributed by atoms with Crippen LogP contribution in [0, 0.1) is 5.82 Å². The summed E-state index contributed by atoms with van der Waals surface area (Å²) in [7, 11) is 0. The third kappa shape index (κ3) is 2.77. The van der Waals surface area contributed by atoms with Crippen molar-refractivity contribution in [2.45, 2.75) is 12.5 Å². The van der Waals surface area contributed by atoms with E-state index in [0.29, 0.717) is 6.42 Å². The maximum Gasteiger partial charge on any atom is 0.123 e. The average Bonchev–Trinajstić information content (AvgIpc) is 2.87. The van der Waals surface area contributed by atoms with Gasteiger partial charge in [0.2, 0.25) is 0 Å². The van der Waals surface area contributed by atoms with Crippen LogP contribution in [0.1, 0.15) is 16.5 Å². The molecule has 0 radical (unpaired) electrons. The number of thiophene rings is 1. The van der Waals surface area contributed by atoms with Crippen LogP contribution in [0.25, 0.3) is 10.1 Å². The third-order valence-corrected chi connectivity index (χ3v) is 5.28. The molecular weight excluding hydrogens is 337 g/mol. The quantitative estimate of drug-likeness (QED) is 0.703. The average molecular weight is 350 g/mol. The summed E-state index contributed by atoms with van der Waals surface area (Å²) in [6.45, 7) is 0. The summed E-state index contributed by atoms with van der Waals surface area (Å²) >= 11 is 5.15. The second-order valence-corrected chi connectivity index (χ2v) is 6.70. The van der Waals surface area contributed by atoms with Crippen molar-refractivity contribution in [2.75, 3.05) is 0 Å². The Bertz CT molecular complexity index is 720. The number of rotatable bonds is 3. The van der Waals surface area contributed by atoms with Crippen LogP contribution in [0.5, 0.6) is 0 Å². The fourth-order valence-corrected chi connectivity index (χ4v) is 3.70. The Hall–Kier alpha value is -1.23. The second-order valence-electron chi connectivity index (χ2n) is 4.73. The Morgan fingerprint density at radius 1 is 1.15 bits per heavy atom. The van der Waals surface area contributed by atoms with Crippen LogP contribution in [0.2, 0.25) is 0 Å². The number of hydrogen-bond acceptors (Lipinski definition) is 2. The lowest BCUT2D eigenvalue weighted by Gasteiger charge is -2.11. The van der Waals surface area contributed by atoms with Crippen molar-refractivity contribution in [3.05, 3.63) is 69.3 Å². The van der Waals surface area contributed by atoms with Crippen molar-refractivity contribution in [2.24, 2.45) is 5.73 Å². The van der Waals surface area contributed by atoms with Crippen LogP contribution < -0.4 is 5.73 Å². The fraction of sp³-hybridized carbons (Fsp3) is 0.125. The molecule has 2 aromatic carbocycles. The molecular formula is C16H13BrFNS.